The van der Waals surface area contributed by atoms with E-state index in [2.05, 4.69) is 4.98 Å². The van der Waals surface area contributed by atoms with Crippen LogP contribution in [0.4, 0.5) is 0 Å². The van der Waals surface area contributed by atoms with E-state index in [1.807, 2.05) is 43.3 Å². The first-order valence-corrected chi connectivity index (χ1v) is 6.05. The first-order chi connectivity index (χ1) is 9.22. The minimum absolute atomic E-state index is 0.190. The Balaban J connectivity index is 2.05. The van der Waals surface area contributed by atoms with E-state index in [0.717, 1.165) is 16.3 Å². The van der Waals surface area contributed by atoms with Crippen molar-refractivity contribution in [1.29, 1.82) is 0 Å². The molecule has 0 aliphatic carbocycles. The fourth-order valence-corrected chi connectivity index (χ4v) is 2.07. The van der Waals surface area contributed by atoms with Crippen molar-refractivity contribution < 1.29 is 9.84 Å². The lowest BCUT2D eigenvalue weighted by Gasteiger charge is -2.08. The molecule has 0 atom stereocenters. The number of benzene rings is 2. The molecular formula is C16H13NO2. The van der Waals surface area contributed by atoms with Crippen LogP contribution in [0.1, 0.15) is 5.56 Å². The highest BCUT2D eigenvalue weighted by atomic mass is 16.5. The summed E-state index contributed by atoms with van der Waals surface area (Å²) >= 11 is 0. The zero-order valence-electron chi connectivity index (χ0n) is 10.5. The summed E-state index contributed by atoms with van der Waals surface area (Å²) in [6.45, 7) is 1.91. The van der Waals surface area contributed by atoms with Crippen LogP contribution in [0.3, 0.4) is 0 Å². The number of aromatic hydroxyl groups is 1. The van der Waals surface area contributed by atoms with Crippen molar-refractivity contribution in [2.75, 3.05) is 0 Å². The van der Waals surface area contributed by atoms with Crippen LogP contribution in [0, 0.1) is 6.92 Å². The van der Waals surface area contributed by atoms with E-state index >= 15 is 0 Å². The van der Waals surface area contributed by atoms with Crippen LogP contribution in [0.2, 0.25) is 0 Å². The molecule has 1 N–H and O–H groups in total. The molecule has 0 spiro atoms. The van der Waals surface area contributed by atoms with E-state index in [9.17, 15) is 5.11 Å². The van der Waals surface area contributed by atoms with Gasteiger partial charge in [-0.2, -0.15) is 0 Å². The molecule has 19 heavy (non-hydrogen) atoms. The number of fused-ring (bicyclic) bond motifs is 1. The predicted molar refractivity (Wildman–Crippen MR) is 74.7 cm³/mol. The fraction of sp³-hybridized carbons (Fsp3) is 0.0625. The predicted octanol–water partition coefficient (Wildman–Crippen LogP) is 4.04. The summed E-state index contributed by atoms with van der Waals surface area (Å²) in [6, 6.07) is 15.0. The van der Waals surface area contributed by atoms with E-state index in [4.69, 9.17) is 4.74 Å². The first-order valence-electron chi connectivity index (χ1n) is 6.05. The largest absolute Gasteiger partial charge is 0.508 e. The zero-order valence-corrected chi connectivity index (χ0v) is 10.5. The van der Waals surface area contributed by atoms with Crippen LogP contribution in [0.25, 0.3) is 10.8 Å². The molecule has 1 aromatic heterocycles. The standard InChI is InChI=1S/C16H13NO2/c1-11-8-13(18)10-14(9-11)19-16-15-5-3-2-4-12(15)6-7-17-16/h2-10,18H,1H3. The third kappa shape index (κ3) is 2.36. The molecule has 3 heteroatoms. The van der Waals surface area contributed by atoms with Crippen molar-refractivity contribution in [2.24, 2.45) is 0 Å². The summed E-state index contributed by atoms with van der Waals surface area (Å²) in [7, 11) is 0. The lowest BCUT2D eigenvalue weighted by Crippen LogP contribution is -1.89. The highest BCUT2D eigenvalue weighted by molar-refractivity contribution is 5.86. The van der Waals surface area contributed by atoms with E-state index in [-0.39, 0.29) is 5.75 Å². The van der Waals surface area contributed by atoms with E-state index in [1.165, 1.54) is 0 Å². The molecule has 3 nitrogen and oxygen atoms in total. The zero-order chi connectivity index (χ0) is 13.2. The molecule has 0 aliphatic rings. The summed E-state index contributed by atoms with van der Waals surface area (Å²) in [6.07, 6.45) is 1.72. The van der Waals surface area contributed by atoms with Gasteiger partial charge in [0.2, 0.25) is 5.88 Å². The molecule has 3 rings (SSSR count). The number of ether oxygens (including phenoxy) is 1. The first kappa shape index (κ1) is 11.5. The van der Waals surface area contributed by atoms with Crippen molar-refractivity contribution in [3.63, 3.8) is 0 Å². The average molecular weight is 251 g/mol. The maximum atomic E-state index is 9.58. The number of rotatable bonds is 2. The quantitative estimate of drug-likeness (QED) is 0.747. The minimum atomic E-state index is 0.190. The van der Waals surface area contributed by atoms with E-state index in [0.29, 0.717) is 11.6 Å². The number of nitrogens with zero attached hydrogens (tertiary/aromatic N) is 1. The van der Waals surface area contributed by atoms with Gasteiger partial charge in [-0.3, -0.25) is 0 Å². The summed E-state index contributed by atoms with van der Waals surface area (Å²) in [4.78, 5) is 4.26. The van der Waals surface area contributed by atoms with Crippen LogP contribution in [-0.2, 0) is 0 Å². The Morgan fingerprint density at radius 3 is 2.74 bits per heavy atom. The van der Waals surface area contributed by atoms with Crippen molar-refractivity contribution in [2.45, 2.75) is 6.92 Å². The van der Waals surface area contributed by atoms with Gasteiger partial charge >= 0.3 is 0 Å². The Labute approximate surface area is 111 Å². The van der Waals surface area contributed by atoms with Gasteiger partial charge in [0, 0.05) is 17.6 Å². The molecule has 2 aromatic carbocycles. The lowest BCUT2D eigenvalue weighted by atomic mass is 10.2. The van der Waals surface area contributed by atoms with Crippen LogP contribution in [0.15, 0.2) is 54.7 Å². The Kier molecular flexibility index (Phi) is 2.80. The van der Waals surface area contributed by atoms with Gasteiger partial charge < -0.3 is 9.84 Å². The molecule has 0 bridgehead atoms. The second-order valence-electron chi connectivity index (χ2n) is 4.44. The van der Waals surface area contributed by atoms with Gasteiger partial charge in [0.05, 0.1) is 0 Å². The van der Waals surface area contributed by atoms with Crippen LogP contribution < -0.4 is 4.74 Å². The minimum Gasteiger partial charge on any atom is -0.508 e. The van der Waals surface area contributed by atoms with Gasteiger partial charge in [-0.15, -0.1) is 0 Å². The molecule has 0 unspecified atom stereocenters. The third-order valence-corrected chi connectivity index (χ3v) is 2.89. The summed E-state index contributed by atoms with van der Waals surface area (Å²) in [5.74, 6) is 1.32. The maximum absolute atomic E-state index is 9.58. The Morgan fingerprint density at radius 2 is 1.89 bits per heavy atom. The molecule has 0 aliphatic heterocycles. The van der Waals surface area contributed by atoms with Crippen LogP contribution in [0.5, 0.6) is 17.4 Å². The second kappa shape index (κ2) is 4.61. The third-order valence-electron chi connectivity index (χ3n) is 2.89. The number of phenolic OH excluding ortho intramolecular Hbond substituents is 1. The number of aromatic nitrogens is 1. The van der Waals surface area contributed by atoms with Crippen LogP contribution >= 0.6 is 0 Å². The molecule has 3 aromatic rings. The average Bonchev–Trinajstić information content (AvgIpc) is 2.38. The smallest absolute Gasteiger partial charge is 0.227 e. The van der Waals surface area contributed by atoms with Crippen molar-refractivity contribution in [1.82, 2.24) is 4.98 Å². The molecule has 0 saturated heterocycles. The number of pyridine rings is 1. The highest BCUT2D eigenvalue weighted by Crippen LogP contribution is 2.29. The number of hydrogen-bond donors (Lipinski definition) is 1. The number of aryl methyl sites for hydroxylation is 1. The number of hydrogen-bond acceptors (Lipinski definition) is 3. The van der Waals surface area contributed by atoms with Gasteiger partial charge in [0.1, 0.15) is 11.5 Å². The maximum Gasteiger partial charge on any atom is 0.227 e. The van der Waals surface area contributed by atoms with Crippen molar-refractivity contribution in [3.8, 4) is 17.4 Å². The molecule has 94 valence electrons. The summed E-state index contributed by atoms with van der Waals surface area (Å²) in [5, 5.41) is 11.6. The lowest BCUT2D eigenvalue weighted by molar-refractivity contribution is 0.448. The van der Waals surface area contributed by atoms with Crippen molar-refractivity contribution >= 4 is 10.8 Å². The van der Waals surface area contributed by atoms with Gasteiger partial charge in [0.15, 0.2) is 0 Å². The van der Waals surface area contributed by atoms with E-state index in [1.54, 1.807) is 18.3 Å². The topological polar surface area (TPSA) is 42.4 Å². The normalized spacial score (nSPS) is 10.6. The van der Waals surface area contributed by atoms with Gasteiger partial charge in [-0.1, -0.05) is 18.2 Å². The Morgan fingerprint density at radius 1 is 1.05 bits per heavy atom. The Hall–Kier alpha value is -2.55. The SMILES string of the molecule is Cc1cc(O)cc(Oc2nccc3ccccc23)c1. The molecule has 0 amide bonds. The molecule has 0 radical (unpaired) electrons. The highest BCUT2D eigenvalue weighted by Gasteiger charge is 2.05. The van der Waals surface area contributed by atoms with Gasteiger partial charge in [0.25, 0.3) is 0 Å². The molecule has 0 saturated carbocycles. The summed E-state index contributed by atoms with van der Waals surface area (Å²) in [5.41, 5.74) is 0.940. The van der Waals surface area contributed by atoms with Crippen molar-refractivity contribution in [3.05, 3.63) is 60.3 Å². The molecule has 0 fully saturated rings. The van der Waals surface area contributed by atoms with Gasteiger partial charge in [-0.05, 0) is 42.1 Å². The second-order valence-corrected chi connectivity index (χ2v) is 4.44. The fourth-order valence-electron chi connectivity index (χ4n) is 2.07. The molecule has 1 heterocycles. The summed E-state index contributed by atoms with van der Waals surface area (Å²) < 4.78 is 5.78. The van der Waals surface area contributed by atoms with E-state index < -0.39 is 0 Å². The molecular weight excluding hydrogens is 238 g/mol. The number of phenols is 1. The van der Waals surface area contributed by atoms with Crippen LogP contribution in [-0.4, -0.2) is 10.1 Å². The Bertz CT molecular complexity index is 712. The monoisotopic (exact) mass is 251 g/mol. The van der Waals surface area contributed by atoms with Gasteiger partial charge in [-0.25, -0.2) is 4.98 Å².